The van der Waals surface area contributed by atoms with Crippen LogP contribution in [-0.2, 0) is 4.79 Å². The highest BCUT2D eigenvalue weighted by Crippen LogP contribution is 2.36. The molecular formula is C19H21N5O. The molecule has 0 aromatic heterocycles. The van der Waals surface area contributed by atoms with E-state index in [1.165, 1.54) is 0 Å². The van der Waals surface area contributed by atoms with E-state index in [1.54, 1.807) is 12.1 Å². The van der Waals surface area contributed by atoms with Gasteiger partial charge in [0, 0.05) is 38.0 Å². The molecule has 1 aromatic rings. The van der Waals surface area contributed by atoms with Crippen molar-refractivity contribution in [3.8, 4) is 18.4 Å². The molecule has 1 fully saturated rings. The largest absolute Gasteiger partial charge is 0.360 e. The summed E-state index contributed by atoms with van der Waals surface area (Å²) in [6, 6.07) is 9.33. The minimum absolute atomic E-state index is 0.0367. The van der Waals surface area contributed by atoms with Gasteiger partial charge in [0.05, 0.1) is 11.6 Å². The summed E-state index contributed by atoms with van der Waals surface area (Å²) in [5, 5.41) is 20.1. The topological polar surface area (TPSA) is 80.9 Å². The van der Waals surface area contributed by atoms with Gasteiger partial charge in [-0.2, -0.15) is 15.5 Å². The Morgan fingerprint density at radius 2 is 2.12 bits per heavy atom. The standard InChI is InChI=1S/C19H21N5O/c1-2-3-10-19(22-23-19)11-12-21-18(25)17-5-4-13-24(17)16-8-6-15(14-20)7-9-16/h1,6-9,17H,3-5,10-13H2,(H,21,25). The van der Waals surface area contributed by atoms with Crippen LogP contribution in [0.4, 0.5) is 5.69 Å². The molecule has 1 aromatic carbocycles. The molecule has 1 N–H and O–H groups in total. The molecule has 3 rings (SSSR count). The zero-order valence-electron chi connectivity index (χ0n) is 14.1. The normalized spacial score (nSPS) is 19.9. The molecule has 6 heteroatoms. The van der Waals surface area contributed by atoms with Crippen LogP contribution in [0.5, 0.6) is 0 Å². The van der Waals surface area contributed by atoms with E-state index in [2.05, 4.69) is 32.4 Å². The van der Waals surface area contributed by atoms with Crippen LogP contribution < -0.4 is 10.2 Å². The van der Waals surface area contributed by atoms with Gasteiger partial charge in [-0.1, -0.05) is 0 Å². The number of nitriles is 1. The van der Waals surface area contributed by atoms with Gasteiger partial charge in [-0.15, -0.1) is 12.3 Å². The van der Waals surface area contributed by atoms with E-state index in [4.69, 9.17) is 11.7 Å². The Balaban J connectivity index is 1.52. The Morgan fingerprint density at radius 3 is 2.76 bits per heavy atom. The molecule has 1 atom stereocenters. The Kier molecular flexibility index (Phi) is 5.00. The van der Waals surface area contributed by atoms with Crippen LogP contribution >= 0.6 is 0 Å². The van der Waals surface area contributed by atoms with Gasteiger partial charge in [-0.3, -0.25) is 4.79 Å². The molecule has 1 saturated heterocycles. The number of nitrogens with one attached hydrogen (secondary N) is 1. The van der Waals surface area contributed by atoms with Gasteiger partial charge >= 0.3 is 0 Å². The molecule has 0 aliphatic carbocycles. The minimum atomic E-state index is -0.359. The van der Waals surface area contributed by atoms with E-state index >= 15 is 0 Å². The second kappa shape index (κ2) is 7.36. The number of terminal acetylenes is 1. The summed E-state index contributed by atoms with van der Waals surface area (Å²) in [5.74, 6) is 2.64. The second-order valence-corrected chi connectivity index (χ2v) is 6.44. The number of anilines is 1. The lowest BCUT2D eigenvalue weighted by Crippen LogP contribution is -2.44. The average Bonchev–Trinajstić information content (AvgIpc) is 3.23. The molecule has 0 saturated carbocycles. The smallest absolute Gasteiger partial charge is 0.242 e. The molecule has 2 aliphatic heterocycles. The highest BCUT2D eigenvalue weighted by molar-refractivity contribution is 5.85. The fraction of sp³-hybridized carbons (Fsp3) is 0.474. The summed E-state index contributed by atoms with van der Waals surface area (Å²) >= 11 is 0. The van der Waals surface area contributed by atoms with Crippen molar-refractivity contribution in [1.29, 1.82) is 5.26 Å². The third kappa shape index (κ3) is 3.97. The molecule has 6 nitrogen and oxygen atoms in total. The molecule has 128 valence electrons. The van der Waals surface area contributed by atoms with Crippen LogP contribution in [0.3, 0.4) is 0 Å². The summed E-state index contributed by atoms with van der Waals surface area (Å²) in [4.78, 5) is 14.7. The number of rotatable bonds is 7. The van der Waals surface area contributed by atoms with E-state index in [1.807, 2.05) is 12.1 Å². The number of carbonyl (C=O) groups is 1. The Morgan fingerprint density at radius 1 is 1.36 bits per heavy atom. The van der Waals surface area contributed by atoms with Crippen molar-refractivity contribution >= 4 is 11.6 Å². The van der Waals surface area contributed by atoms with Crippen LogP contribution in [0.2, 0.25) is 0 Å². The van der Waals surface area contributed by atoms with Gasteiger partial charge in [0.2, 0.25) is 5.91 Å². The maximum absolute atomic E-state index is 12.6. The van der Waals surface area contributed by atoms with Gasteiger partial charge in [0.1, 0.15) is 6.04 Å². The maximum Gasteiger partial charge on any atom is 0.242 e. The molecule has 0 spiro atoms. The minimum Gasteiger partial charge on any atom is -0.360 e. The van der Waals surface area contributed by atoms with Crippen LogP contribution in [0, 0.1) is 23.7 Å². The first-order valence-electron chi connectivity index (χ1n) is 8.59. The third-order valence-electron chi connectivity index (χ3n) is 4.76. The molecule has 2 heterocycles. The first-order chi connectivity index (χ1) is 12.2. The molecule has 25 heavy (non-hydrogen) atoms. The van der Waals surface area contributed by atoms with E-state index in [0.29, 0.717) is 24.9 Å². The van der Waals surface area contributed by atoms with Crippen molar-refractivity contribution in [2.75, 3.05) is 18.0 Å². The van der Waals surface area contributed by atoms with E-state index in [0.717, 1.165) is 31.5 Å². The van der Waals surface area contributed by atoms with Crippen LogP contribution in [0.25, 0.3) is 0 Å². The Labute approximate surface area is 147 Å². The fourth-order valence-corrected chi connectivity index (χ4v) is 3.25. The lowest BCUT2D eigenvalue weighted by Gasteiger charge is -2.26. The van der Waals surface area contributed by atoms with Gasteiger partial charge in [-0.25, -0.2) is 0 Å². The number of amides is 1. The van der Waals surface area contributed by atoms with Gasteiger partial charge in [0.15, 0.2) is 5.66 Å². The van der Waals surface area contributed by atoms with Gasteiger partial charge in [-0.05, 0) is 37.1 Å². The predicted molar refractivity (Wildman–Crippen MR) is 94.8 cm³/mol. The molecular weight excluding hydrogens is 314 g/mol. The van der Waals surface area contributed by atoms with Crippen molar-refractivity contribution in [1.82, 2.24) is 5.32 Å². The van der Waals surface area contributed by atoms with E-state index in [9.17, 15) is 4.79 Å². The predicted octanol–water partition coefficient (Wildman–Crippen LogP) is 2.61. The molecule has 1 unspecified atom stereocenters. The summed E-state index contributed by atoms with van der Waals surface area (Å²) in [6.45, 7) is 1.40. The maximum atomic E-state index is 12.6. The van der Waals surface area contributed by atoms with E-state index < -0.39 is 0 Å². The highest BCUT2D eigenvalue weighted by Gasteiger charge is 2.39. The molecule has 0 radical (unpaired) electrons. The summed E-state index contributed by atoms with van der Waals surface area (Å²) < 4.78 is 0. The van der Waals surface area contributed by atoms with Crippen LogP contribution in [-0.4, -0.2) is 30.7 Å². The van der Waals surface area contributed by atoms with Crippen molar-refractivity contribution in [3.05, 3.63) is 29.8 Å². The van der Waals surface area contributed by atoms with Crippen molar-refractivity contribution in [3.63, 3.8) is 0 Å². The fourth-order valence-electron chi connectivity index (χ4n) is 3.25. The summed E-state index contributed by atoms with van der Waals surface area (Å²) in [7, 11) is 0. The number of carbonyl (C=O) groups excluding carboxylic acids is 1. The van der Waals surface area contributed by atoms with Crippen molar-refractivity contribution < 1.29 is 4.79 Å². The van der Waals surface area contributed by atoms with E-state index in [-0.39, 0.29) is 17.6 Å². The zero-order valence-corrected chi connectivity index (χ0v) is 14.1. The number of nitrogens with zero attached hydrogens (tertiary/aromatic N) is 4. The monoisotopic (exact) mass is 335 g/mol. The quantitative estimate of drug-likeness (QED) is 0.778. The van der Waals surface area contributed by atoms with Gasteiger partial charge < -0.3 is 10.2 Å². The zero-order chi connectivity index (χ0) is 17.7. The summed E-state index contributed by atoms with van der Waals surface area (Å²) in [6.07, 6.45) is 9.20. The first kappa shape index (κ1) is 17.0. The number of hydrogen-bond acceptors (Lipinski definition) is 5. The Bertz CT molecular complexity index is 735. The lowest BCUT2D eigenvalue weighted by atomic mass is 10.0. The molecule has 2 aliphatic rings. The van der Waals surface area contributed by atoms with Crippen LogP contribution in [0.15, 0.2) is 34.5 Å². The van der Waals surface area contributed by atoms with Gasteiger partial charge in [0.25, 0.3) is 0 Å². The highest BCUT2D eigenvalue weighted by atomic mass is 16.2. The number of hydrogen-bond donors (Lipinski definition) is 1. The summed E-state index contributed by atoms with van der Waals surface area (Å²) in [5.41, 5.74) is 1.25. The average molecular weight is 335 g/mol. The van der Waals surface area contributed by atoms with Crippen molar-refractivity contribution in [2.24, 2.45) is 10.2 Å². The molecule has 0 bridgehead atoms. The lowest BCUT2D eigenvalue weighted by molar-refractivity contribution is -0.122. The third-order valence-corrected chi connectivity index (χ3v) is 4.76. The SMILES string of the molecule is C#CCCC1(CCNC(=O)C2CCCN2c2ccc(C#N)cc2)N=N1. The first-order valence-corrected chi connectivity index (χ1v) is 8.59. The second-order valence-electron chi connectivity index (χ2n) is 6.44. The Hall–Kier alpha value is -2.86. The van der Waals surface area contributed by atoms with Crippen LogP contribution in [0.1, 0.15) is 37.7 Å². The molecule has 1 amide bonds. The van der Waals surface area contributed by atoms with Crippen molar-refractivity contribution in [2.45, 2.75) is 43.8 Å². The number of benzene rings is 1.